The van der Waals surface area contributed by atoms with Crippen LogP contribution in [0.15, 0.2) is 22.7 Å². The van der Waals surface area contributed by atoms with Crippen LogP contribution in [0, 0.1) is 6.92 Å². The van der Waals surface area contributed by atoms with Gasteiger partial charge in [0, 0.05) is 11.4 Å². The maximum absolute atomic E-state index is 13.0. The van der Waals surface area contributed by atoms with Crippen LogP contribution in [-0.4, -0.2) is 23.2 Å². The molecule has 0 aliphatic heterocycles. The van der Waals surface area contributed by atoms with Gasteiger partial charge in [0.25, 0.3) is 11.6 Å². The van der Waals surface area contributed by atoms with Crippen LogP contribution in [0.3, 0.4) is 0 Å². The number of rotatable bonds is 3. The number of aryl methyl sites for hydroxylation is 2. The Morgan fingerprint density at radius 2 is 2.20 bits per heavy atom. The van der Waals surface area contributed by atoms with Crippen molar-refractivity contribution in [3.05, 3.63) is 45.7 Å². The summed E-state index contributed by atoms with van der Waals surface area (Å²) in [6.07, 6.45) is 2.66. The molecule has 4 rings (SSSR count). The lowest BCUT2D eigenvalue weighted by molar-refractivity contribution is 0.102. The zero-order valence-corrected chi connectivity index (χ0v) is 14.6. The number of carbonyl (C=O) groups is 1. The lowest BCUT2D eigenvalue weighted by Crippen LogP contribution is -2.15. The van der Waals surface area contributed by atoms with E-state index >= 15 is 0 Å². The van der Waals surface area contributed by atoms with Gasteiger partial charge in [-0.15, -0.1) is 0 Å². The predicted molar refractivity (Wildman–Crippen MR) is 94.5 cm³/mol. The largest absolute Gasteiger partial charge is 0.495 e. The molecule has 25 heavy (non-hydrogen) atoms. The Morgan fingerprint density at radius 1 is 1.36 bits per heavy atom. The molecule has 1 amide bonds. The van der Waals surface area contributed by atoms with Gasteiger partial charge in [0.2, 0.25) is 0 Å². The molecular formula is C18H16ClN3O3. The molecule has 0 spiro atoms. The first-order chi connectivity index (χ1) is 12.1. The number of methoxy groups -OCH3 is 1. The lowest BCUT2D eigenvalue weighted by Gasteiger charge is -2.11. The van der Waals surface area contributed by atoms with Gasteiger partial charge in [0.05, 0.1) is 28.8 Å². The zero-order valence-electron chi connectivity index (χ0n) is 13.9. The highest BCUT2D eigenvalue weighted by atomic mass is 35.5. The SMILES string of the molecule is COc1ccc(NC(=O)c2c3c(nc4onc(C)c24)CCC3)cc1Cl. The van der Waals surface area contributed by atoms with Gasteiger partial charge in [0.15, 0.2) is 0 Å². The molecule has 2 aromatic heterocycles. The summed E-state index contributed by atoms with van der Waals surface area (Å²) in [5.41, 5.74) is 4.17. The number of nitrogens with one attached hydrogen (secondary N) is 1. The van der Waals surface area contributed by atoms with Crippen molar-refractivity contribution < 1.29 is 14.1 Å². The van der Waals surface area contributed by atoms with Gasteiger partial charge in [-0.1, -0.05) is 16.8 Å². The van der Waals surface area contributed by atoms with Crippen molar-refractivity contribution in [2.24, 2.45) is 0 Å². The fraction of sp³-hybridized carbons (Fsp3) is 0.278. The number of nitrogens with zero attached hydrogens (tertiary/aromatic N) is 2. The summed E-state index contributed by atoms with van der Waals surface area (Å²) in [6.45, 7) is 1.82. The van der Waals surface area contributed by atoms with Gasteiger partial charge in [-0.2, -0.15) is 0 Å². The minimum atomic E-state index is -0.210. The van der Waals surface area contributed by atoms with Gasteiger partial charge in [0.1, 0.15) is 5.75 Å². The first-order valence-electron chi connectivity index (χ1n) is 8.01. The number of amides is 1. The fourth-order valence-electron chi connectivity index (χ4n) is 3.30. The molecule has 1 aromatic carbocycles. The molecule has 0 fully saturated rings. The average Bonchev–Trinajstić information content (AvgIpc) is 3.20. The molecule has 7 heteroatoms. The molecule has 128 valence electrons. The second-order valence-corrected chi connectivity index (χ2v) is 6.42. The Labute approximate surface area is 149 Å². The van der Waals surface area contributed by atoms with E-state index in [1.54, 1.807) is 25.3 Å². The fourth-order valence-corrected chi connectivity index (χ4v) is 3.56. The van der Waals surface area contributed by atoms with E-state index in [4.69, 9.17) is 20.9 Å². The Balaban J connectivity index is 1.78. The molecule has 0 saturated heterocycles. The summed E-state index contributed by atoms with van der Waals surface area (Å²) in [5.74, 6) is 0.347. The smallest absolute Gasteiger partial charge is 0.259 e. The van der Waals surface area contributed by atoms with Crippen molar-refractivity contribution in [2.75, 3.05) is 12.4 Å². The van der Waals surface area contributed by atoms with Crippen molar-refractivity contribution in [1.82, 2.24) is 10.1 Å². The normalized spacial score (nSPS) is 13.1. The molecule has 0 saturated carbocycles. The zero-order chi connectivity index (χ0) is 17.6. The number of hydrogen-bond acceptors (Lipinski definition) is 5. The molecular weight excluding hydrogens is 342 g/mol. The van der Waals surface area contributed by atoms with E-state index in [1.807, 2.05) is 6.92 Å². The van der Waals surface area contributed by atoms with Gasteiger partial charge in [-0.05, 0) is 49.9 Å². The first-order valence-corrected chi connectivity index (χ1v) is 8.39. The van der Waals surface area contributed by atoms with E-state index in [-0.39, 0.29) is 5.91 Å². The first kappa shape index (κ1) is 15.9. The summed E-state index contributed by atoms with van der Waals surface area (Å²) in [4.78, 5) is 17.5. The van der Waals surface area contributed by atoms with Gasteiger partial charge in [-0.25, -0.2) is 4.98 Å². The number of benzene rings is 1. The second-order valence-electron chi connectivity index (χ2n) is 6.02. The van der Waals surface area contributed by atoms with Crippen LogP contribution < -0.4 is 10.1 Å². The summed E-state index contributed by atoms with van der Waals surface area (Å²) >= 11 is 6.14. The quantitative estimate of drug-likeness (QED) is 0.768. The maximum Gasteiger partial charge on any atom is 0.259 e. The molecule has 1 aliphatic carbocycles. The summed E-state index contributed by atoms with van der Waals surface area (Å²) < 4.78 is 10.4. The molecule has 0 unspecified atom stereocenters. The third-order valence-electron chi connectivity index (χ3n) is 4.46. The van der Waals surface area contributed by atoms with E-state index in [9.17, 15) is 4.79 Å². The standard InChI is InChI=1S/C18H16ClN3O3/c1-9-15-16(11-4-3-5-13(11)21-18(15)25-22-9)17(23)20-10-6-7-14(24-2)12(19)8-10/h6-8H,3-5H2,1-2H3,(H,20,23). The van der Waals surface area contributed by atoms with Crippen LogP contribution >= 0.6 is 11.6 Å². The molecule has 1 N–H and O–H groups in total. The highest BCUT2D eigenvalue weighted by Crippen LogP contribution is 2.33. The Kier molecular flexibility index (Phi) is 3.84. The maximum atomic E-state index is 13.0. The third kappa shape index (κ3) is 2.62. The van der Waals surface area contributed by atoms with Gasteiger partial charge in [-0.3, -0.25) is 4.79 Å². The van der Waals surface area contributed by atoms with Gasteiger partial charge < -0.3 is 14.6 Å². The van der Waals surface area contributed by atoms with E-state index in [0.717, 1.165) is 30.5 Å². The van der Waals surface area contributed by atoms with Crippen molar-refractivity contribution >= 4 is 34.3 Å². The topological polar surface area (TPSA) is 77.2 Å². The number of pyridine rings is 1. The number of hydrogen-bond donors (Lipinski definition) is 1. The molecule has 1 aliphatic rings. The third-order valence-corrected chi connectivity index (χ3v) is 4.75. The van der Waals surface area contributed by atoms with E-state index in [0.29, 0.717) is 38.8 Å². The summed E-state index contributed by atoms with van der Waals surface area (Å²) in [7, 11) is 1.55. The molecule has 6 nitrogen and oxygen atoms in total. The molecule has 0 bridgehead atoms. The van der Waals surface area contributed by atoms with Crippen LogP contribution in [0.1, 0.15) is 33.7 Å². The molecule has 3 aromatic rings. The van der Waals surface area contributed by atoms with E-state index < -0.39 is 0 Å². The van der Waals surface area contributed by atoms with Crippen LogP contribution in [0.4, 0.5) is 5.69 Å². The van der Waals surface area contributed by atoms with Gasteiger partial charge >= 0.3 is 0 Å². The van der Waals surface area contributed by atoms with Crippen molar-refractivity contribution in [2.45, 2.75) is 26.2 Å². The van der Waals surface area contributed by atoms with Crippen LogP contribution in [-0.2, 0) is 12.8 Å². The molecule has 2 heterocycles. The Morgan fingerprint density at radius 3 is 2.96 bits per heavy atom. The average molecular weight is 358 g/mol. The van der Waals surface area contributed by atoms with Crippen molar-refractivity contribution in [1.29, 1.82) is 0 Å². The van der Waals surface area contributed by atoms with Crippen molar-refractivity contribution in [3.8, 4) is 5.75 Å². The minimum Gasteiger partial charge on any atom is -0.495 e. The van der Waals surface area contributed by atoms with Crippen LogP contribution in [0.2, 0.25) is 5.02 Å². The van der Waals surface area contributed by atoms with Crippen LogP contribution in [0.5, 0.6) is 5.75 Å². The lowest BCUT2D eigenvalue weighted by atomic mass is 10.0. The molecule has 0 atom stereocenters. The minimum absolute atomic E-state index is 0.210. The second kappa shape index (κ2) is 6.04. The Hall–Kier alpha value is -2.60. The highest BCUT2D eigenvalue weighted by molar-refractivity contribution is 6.32. The Bertz CT molecular complexity index is 997. The van der Waals surface area contributed by atoms with E-state index in [1.165, 1.54) is 0 Å². The number of aromatic nitrogens is 2. The number of halogens is 1. The monoisotopic (exact) mass is 357 g/mol. The molecule has 0 radical (unpaired) electrons. The number of fused-ring (bicyclic) bond motifs is 2. The van der Waals surface area contributed by atoms with Crippen LogP contribution in [0.25, 0.3) is 11.1 Å². The summed E-state index contributed by atoms with van der Waals surface area (Å²) in [6, 6.07) is 5.13. The summed E-state index contributed by atoms with van der Waals surface area (Å²) in [5, 5.41) is 8.00. The van der Waals surface area contributed by atoms with Crippen molar-refractivity contribution in [3.63, 3.8) is 0 Å². The highest BCUT2D eigenvalue weighted by Gasteiger charge is 2.27. The number of anilines is 1. The number of ether oxygens (including phenoxy) is 1. The predicted octanol–water partition coefficient (Wildman–Crippen LogP) is 3.93. The number of carbonyl (C=O) groups excluding carboxylic acids is 1. The van der Waals surface area contributed by atoms with E-state index in [2.05, 4.69) is 15.5 Å².